The van der Waals surface area contributed by atoms with Gasteiger partial charge in [0, 0.05) is 54.3 Å². The number of anilines is 1. The Bertz CT molecular complexity index is 1840. The second-order valence-corrected chi connectivity index (χ2v) is 13.5. The Hall–Kier alpha value is -3.50. The third-order valence-electron chi connectivity index (χ3n) is 7.87. The topological polar surface area (TPSA) is 89.7 Å². The third kappa shape index (κ3) is 5.62. The zero-order valence-electron chi connectivity index (χ0n) is 25.1. The van der Waals surface area contributed by atoms with Crippen molar-refractivity contribution in [2.75, 3.05) is 25.1 Å². The highest BCUT2D eigenvalue weighted by Crippen LogP contribution is 2.45. The fourth-order valence-electron chi connectivity index (χ4n) is 5.89. The van der Waals surface area contributed by atoms with E-state index < -0.39 is 17.7 Å². The predicted octanol–water partition coefficient (Wildman–Crippen LogP) is 7.64. The van der Waals surface area contributed by atoms with E-state index in [1.54, 1.807) is 18.4 Å². The van der Waals surface area contributed by atoms with Crippen LogP contribution in [0.5, 0.6) is 0 Å². The summed E-state index contributed by atoms with van der Waals surface area (Å²) < 4.78 is 14.6. The first-order chi connectivity index (χ1) is 20.4. The molecule has 0 radical (unpaired) electrons. The Morgan fingerprint density at radius 2 is 1.86 bits per heavy atom. The molecule has 0 spiro atoms. The highest BCUT2D eigenvalue weighted by molar-refractivity contribution is 7.22. The summed E-state index contributed by atoms with van der Waals surface area (Å²) in [5.74, 6) is -0.0897. The Kier molecular flexibility index (Phi) is 7.71. The van der Waals surface area contributed by atoms with Gasteiger partial charge in [0.25, 0.3) is 0 Å². The van der Waals surface area contributed by atoms with Crippen LogP contribution in [-0.4, -0.2) is 57.7 Å². The lowest BCUT2D eigenvalue weighted by Crippen LogP contribution is -2.28. The molecule has 10 heteroatoms. The number of halogens is 1. The van der Waals surface area contributed by atoms with Gasteiger partial charge in [0.2, 0.25) is 0 Å². The van der Waals surface area contributed by atoms with Gasteiger partial charge in [-0.3, -0.25) is 4.68 Å². The molecule has 0 unspecified atom stereocenters. The maximum absolute atomic E-state index is 12.7. The monoisotopic (exact) mass is 618 g/mol. The molecular weight excluding hydrogens is 584 g/mol. The van der Waals surface area contributed by atoms with Crippen molar-refractivity contribution in [2.24, 2.45) is 7.05 Å². The molecule has 1 saturated heterocycles. The summed E-state index contributed by atoms with van der Waals surface area (Å²) in [7, 11) is 3.73. The van der Waals surface area contributed by atoms with Crippen LogP contribution in [0.3, 0.4) is 0 Å². The fraction of sp³-hybridized carbons (Fsp3) is 0.364. The molecule has 1 aliphatic rings. The number of hydrogen-bond donors (Lipinski definition) is 1. The zero-order chi connectivity index (χ0) is 30.6. The fourth-order valence-corrected chi connectivity index (χ4v) is 7.14. The second-order valence-electron chi connectivity index (χ2n) is 12.1. The Labute approximate surface area is 259 Å². The molecule has 3 aromatic carbocycles. The summed E-state index contributed by atoms with van der Waals surface area (Å²) in [6.45, 7) is 9.22. The molecule has 224 valence electrons. The first-order valence-corrected chi connectivity index (χ1v) is 15.5. The average molecular weight is 619 g/mol. The highest BCUT2D eigenvalue weighted by atomic mass is 35.5. The van der Waals surface area contributed by atoms with Crippen molar-refractivity contribution < 1.29 is 19.4 Å². The lowest BCUT2D eigenvalue weighted by atomic mass is 9.91. The summed E-state index contributed by atoms with van der Waals surface area (Å²) in [5.41, 5.74) is 5.25. The SMILES string of the molecule is CO[C@H]1CCN(c2nn(C)c3ccc(-c4nc5cc(C)c([C@H](OC(C)(C)C)C(=O)O)c(-c6ccc(Cl)cc6)c5s4)cc23)C1. The smallest absolute Gasteiger partial charge is 0.337 e. The third-order valence-corrected chi connectivity index (χ3v) is 9.26. The van der Waals surface area contributed by atoms with Crippen LogP contribution < -0.4 is 4.90 Å². The zero-order valence-corrected chi connectivity index (χ0v) is 26.7. The number of aliphatic carboxylic acids is 1. The van der Waals surface area contributed by atoms with Gasteiger partial charge in [-0.1, -0.05) is 23.7 Å². The van der Waals surface area contributed by atoms with Crippen LogP contribution >= 0.6 is 22.9 Å². The lowest BCUT2D eigenvalue weighted by Gasteiger charge is -2.28. The number of nitrogens with zero attached hydrogens (tertiary/aromatic N) is 4. The minimum absolute atomic E-state index is 0.199. The largest absolute Gasteiger partial charge is 0.479 e. The number of carbonyl (C=O) groups is 1. The van der Waals surface area contributed by atoms with Crippen LogP contribution in [0.2, 0.25) is 5.02 Å². The summed E-state index contributed by atoms with van der Waals surface area (Å²) in [6.07, 6.45) is 0.00816. The van der Waals surface area contributed by atoms with Crippen LogP contribution in [0.4, 0.5) is 5.82 Å². The molecule has 5 aromatic rings. The number of fused-ring (bicyclic) bond motifs is 2. The van der Waals surface area contributed by atoms with Crippen molar-refractivity contribution in [3.63, 3.8) is 0 Å². The Balaban J connectivity index is 1.54. The van der Waals surface area contributed by atoms with Gasteiger partial charge in [0.1, 0.15) is 5.01 Å². The predicted molar refractivity (Wildman–Crippen MR) is 173 cm³/mol. The molecule has 3 heterocycles. The number of carboxylic acid groups (broad SMARTS) is 1. The summed E-state index contributed by atoms with van der Waals surface area (Å²) in [5, 5.41) is 17.7. The molecule has 1 aliphatic heterocycles. The van der Waals surface area contributed by atoms with Crippen LogP contribution in [-0.2, 0) is 21.3 Å². The number of hydrogen-bond acceptors (Lipinski definition) is 7. The van der Waals surface area contributed by atoms with E-state index in [-0.39, 0.29) is 6.10 Å². The van der Waals surface area contributed by atoms with Gasteiger partial charge in [-0.15, -0.1) is 11.3 Å². The van der Waals surface area contributed by atoms with E-state index in [4.69, 9.17) is 31.2 Å². The first-order valence-electron chi connectivity index (χ1n) is 14.3. The molecule has 2 aromatic heterocycles. The average Bonchev–Trinajstić information content (AvgIpc) is 3.68. The van der Waals surface area contributed by atoms with Crippen LogP contribution in [0, 0.1) is 6.92 Å². The lowest BCUT2D eigenvalue weighted by molar-refractivity contribution is -0.160. The Morgan fingerprint density at radius 3 is 2.51 bits per heavy atom. The van der Waals surface area contributed by atoms with Gasteiger partial charge >= 0.3 is 5.97 Å². The van der Waals surface area contributed by atoms with E-state index in [0.717, 1.165) is 73.7 Å². The molecule has 0 saturated carbocycles. The van der Waals surface area contributed by atoms with Crippen LogP contribution in [0.1, 0.15) is 44.4 Å². The number of methoxy groups -OCH3 is 1. The minimum atomic E-state index is -1.16. The number of benzene rings is 3. The van der Waals surface area contributed by atoms with E-state index in [2.05, 4.69) is 23.1 Å². The number of thiazole rings is 1. The van der Waals surface area contributed by atoms with Crippen molar-refractivity contribution in [2.45, 2.75) is 51.9 Å². The maximum Gasteiger partial charge on any atom is 0.337 e. The first kappa shape index (κ1) is 29.6. The molecule has 0 amide bonds. The van der Waals surface area contributed by atoms with Gasteiger partial charge in [-0.25, -0.2) is 9.78 Å². The van der Waals surface area contributed by atoms with E-state index in [9.17, 15) is 9.90 Å². The molecule has 1 N–H and O–H groups in total. The molecule has 1 fully saturated rings. The van der Waals surface area contributed by atoms with Crippen LogP contribution in [0.25, 0.3) is 42.8 Å². The summed E-state index contributed by atoms with van der Waals surface area (Å²) in [6, 6.07) is 15.8. The molecule has 2 atom stereocenters. The molecular formula is C33H35ClN4O4S. The molecule has 6 rings (SSSR count). The number of carboxylic acids is 1. The van der Waals surface area contributed by atoms with Crippen molar-refractivity contribution in [3.8, 4) is 21.7 Å². The van der Waals surface area contributed by atoms with Crippen molar-refractivity contribution in [1.29, 1.82) is 0 Å². The molecule has 8 nitrogen and oxygen atoms in total. The number of ether oxygens (including phenoxy) is 2. The normalized spacial score (nSPS) is 16.4. The summed E-state index contributed by atoms with van der Waals surface area (Å²) in [4.78, 5) is 20.0. The van der Waals surface area contributed by atoms with Gasteiger partial charge in [-0.05, 0) is 81.6 Å². The Morgan fingerprint density at radius 1 is 1.14 bits per heavy atom. The van der Waals surface area contributed by atoms with Gasteiger partial charge < -0.3 is 19.5 Å². The minimum Gasteiger partial charge on any atom is -0.479 e. The van der Waals surface area contributed by atoms with Gasteiger partial charge in [0.15, 0.2) is 11.9 Å². The van der Waals surface area contributed by atoms with Crippen molar-refractivity contribution in [3.05, 3.63) is 64.7 Å². The number of aromatic nitrogens is 3. The van der Waals surface area contributed by atoms with Crippen molar-refractivity contribution >= 4 is 55.8 Å². The number of aryl methyl sites for hydroxylation is 2. The van der Waals surface area contributed by atoms with Gasteiger partial charge in [0.05, 0.1) is 27.4 Å². The molecule has 0 aliphatic carbocycles. The quantitative estimate of drug-likeness (QED) is 0.200. The van der Waals surface area contributed by atoms with Crippen LogP contribution in [0.15, 0.2) is 48.5 Å². The van der Waals surface area contributed by atoms with E-state index in [1.807, 2.05) is 69.8 Å². The number of rotatable bonds is 7. The maximum atomic E-state index is 12.7. The summed E-state index contributed by atoms with van der Waals surface area (Å²) >= 11 is 7.80. The molecule has 43 heavy (non-hydrogen) atoms. The standard InChI is InChI=1S/C33H35ClN4O4S/c1-18-15-24-29(27(19-7-10-21(34)11-8-19)26(18)28(32(39)40)42-33(2,3)4)43-31(35-24)20-9-12-25-23(16-20)30(36-37(25)5)38-14-13-22(17-38)41-6/h7-12,15-16,22,28H,13-14,17H2,1-6H3,(H,39,40)/t22-,28-/m0/s1. The highest BCUT2D eigenvalue weighted by Gasteiger charge is 2.32. The molecule has 0 bridgehead atoms. The van der Waals surface area contributed by atoms with E-state index in [1.165, 1.54) is 0 Å². The van der Waals surface area contributed by atoms with Gasteiger partial charge in [-0.2, -0.15) is 5.10 Å². The van der Waals surface area contributed by atoms with Crippen molar-refractivity contribution in [1.82, 2.24) is 14.8 Å². The second kappa shape index (κ2) is 11.2. The van der Waals surface area contributed by atoms with E-state index in [0.29, 0.717) is 10.6 Å². The van der Waals surface area contributed by atoms with E-state index >= 15 is 0 Å².